The summed E-state index contributed by atoms with van der Waals surface area (Å²) < 4.78 is 5.04. The highest BCUT2D eigenvalue weighted by Crippen LogP contribution is 2.27. The first kappa shape index (κ1) is 13.9. The van der Waals surface area contributed by atoms with Gasteiger partial charge in [-0.1, -0.05) is 0 Å². The van der Waals surface area contributed by atoms with Crippen LogP contribution in [-0.2, 0) is 9.53 Å². The van der Waals surface area contributed by atoms with Crippen LogP contribution in [0.25, 0.3) is 0 Å². The fourth-order valence-electron chi connectivity index (χ4n) is 1.90. The molecule has 0 bridgehead atoms. The molecule has 2 rings (SSSR count). The lowest BCUT2D eigenvalue weighted by atomic mass is 10.4. The highest BCUT2D eigenvalue weighted by atomic mass is 32.1. The number of esters is 1. The Bertz CT molecular complexity index is 475. The molecule has 1 amide bonds. The molecule has 1 fully saturated rings. The van der Waals surface area contributed by atoms with Gasteiger partial charge in [-0.05, 0) is 32.8 Å². The van der Waals surface area contributed by atoms with Gasteiger partial charge in [-0.15, -0.1) is 11.3 Å². The number of anilines is 1. The zero-order valence-electron chi connectivity index (χ0n) is 11.1. The van der Waals surface area contributed by atoms with E-state index in [1.54, 1.807) is 11.0 Å². The molecule has 0 unspecified atom stereocenters. The van der Waals surface area contributed by atoms with Crippen LogP contribution in [0.1, 0.15) is 34.3 Å². The van der Waals surface area contributed by atoms with E-state index >= 15 is 0 Å². The number of likely N-dealkylation sites (N-methyl/N-ethyl adjacent to an activating group) is 1. The first-order valence-corrected chi connectivity index (χ1v) is 7.17. The highest BCUT2D eigenvalue weighted by Gasteiger charge is 2.31. The fraction of sp³-hybridized carbons (Fsp3) is 0.538. The molecule has 1 aromatic heterocycles. The van der Waals surface area contributed by atoms with E-state index < -0.39 is 5.97 Å². The van der Waals surface area contributed by atoms with Crippen molar-refractivity contribution in [2.24, 2.45) is 0 Å². The molecule has 5 nitrogen and oxygen atoms in total. The van der Waals surface area contributed by atoms with Gasteiger partial charge in [-0.25, -0.2) is 4.79 Å². The van der Waals surface area contributed by atoms with Crippen LogP contribution in [0.4, 0.5) is 5.69 Å². The van der Waals surface area contributed by atoms with Crippen LogP contribution in [0.2, 0.25) is 0 Å². The monoisotopic (exact) mass is 282 g/mol. The molecule has 2 N–H and O–H groups in total. The van der Waals surface area contributed by atoms with Crippen molar-refractivity contribution in [3.05, 3.63) is 15.8 Å². The Morgan fingerprint density at radius 3 is 2.68 bits per heavy atom. The molecule has 0 spiro atoms. The molecule has 1 aliphatic carbocycles. The smallest absolute Gasteiger partial charge is 0.348 e. The lowest BCUT2D eigenvalue weighted by molar-refractivity contribution is -0.134. The molecule has 1 saturated carbocycles. The van der Waals surface area contributed by atoms with Crippen LogP contribution < -0.4 is 5.73 Å². The summed E-state index contributed by atoms with van der Waals surface area (Å²) in [5.41, 5.74) is 6.26. The topological polar surface area (TPSA) is 72.6 Å². The van der Waals surface area contributed by atoms with Gasteiger partial charge in [0.25, 0.3) is 5.91 Å². The molecular weight excluding hydrogens is 264 g/mol. The number of thiophene rings is 1. The summed E-state index contributed by atoms with van der Waals surface area (Å²) in [4.78, 5) is 26.8. The Labute approximate surface area is 116 Å². The number of rotatable bonds is 5. The Balaban J connectivity index is 1.87. The molecule has 0 aromatic carbocycles. The predicted octanol–water partition coefficient (Wildman–Crippen LogP) is 1.81. The zero-order valence-corrected chi connectivity index (χ0v) is 12.0. The van der Waals surface area contributed by atoms with E-state index in [0.29, 0.717) is 23.2 Å². The van der Waals surface area contributed by atoms with Crippen molar-refractivity contribution in [1.29, 1.82) is 0 Å². The number of carbonyl (C=O) groups is 2. The number of carbonyl (C=O) groups excluding carboxylic acids is 2. The number of aryl methyl sites for hydroxylation is 1. The molecule has 0 radical (unpaired) electrons. The van der Waals surface area contributed by atoms with Crippen molar-refractivity contribution in [2.45, 2.75) is 32.7 Å². The molecule has 1 heterocycles. The van der Waals surface area contributed by atoms with Crippen molar-refractivity contribution in [3.8, 4) is 0 Å². The maximum absolute atomic E-state index is 11.9. The van der Waals surface area contributed by atoms with Crippen molar-refractivity contribution in [2.75, 3.05) is 18.9 Å². The normalized spacial score (nSPS) is 14.2. The van der Waals surface area contributed by atoms with Gasteiger partial charge >= 0.3 is 5.97 Å². The fourth-order valence-corrected chi connectivity index (χ4v) is 2.74. The van der Waals surface area contributed by atoms with Crippen LogP contribution in [0.5, 0.6) is 0 Å². The lowest BCUT2D eigenvalue weighted by Crippen LogP contribution is -2.36. The molecule has 0 aliphatic heterocycles. The largest absolute Gasteiger partial charge is 0.451 e. The molecule has 0 atom stereocenters. The van der Waals surface area contributed by atoms with Crippen LogP contribution >= 0.6 is 11.3 Å². The number of nitrogens with zero attached hydrogens (tertiary/aromatic N) is 1. The van der Waals surface area contributed by atoms with Gasteiger partial charge in [-0.3, -0.25) is 4.79 Å². The van der Waals surface area contributed by atoms with Gasteiger partial charge in [0, 0.05) is 23.2 Å². The SMILES string of the molecule is CCN(C(=O)COC(=O)c1cc(N)c(C)s1)C1CC1. The van der Waals surface area contributed by atoms with Gasteiger partial charge < -0.3 is 15.4 Å². The molecule has 1 aliphatic rings. The number of amides is 1. The molecule has 1 aromatic rings. The Kier molecular flexibility index (Phi) is 4.09. The summed E-state index contributed by atoms with van der Waals surface area (Å²) in [6.45, 7) is 4.24. The van der Waals surface area contributed by atoms with Crippen molar-refractivity contribution in [3.63, 3.8) is 0 Å². The molecule has 0 saturated heterocycles. The Hall–Kier alpha value is -1.56. The van der Waals surface area contributed by atoms with Crippen LogP contribution in [-0.4, -0.2) is 36.0 Å². The van der Waals surface area contributed by atoms with Gasteiger partial charge in [0.1, 0.15) is 4.88 Å². The summed E-state index contributed by atoms with van der Waals surface area (Å²) in [7, 11) is 0. The van der Waals surface area contributed by atoms with E-state index in [2.05, 4.69) is 0 Å². The van der Waals surface area contributed by atoms with Gasteiger partial charge in [0.05, 0.1) is 0 Å². The quantitative estimate of drug-likeness (QED) is 0.836. The van der Waals surface area contributed by atoms with Crippen LogP contribution in [0.15, 0.2) is 6.07 Å². The number of nitrogens with two attached hydrogens (primary N) is 1. The minimum atomic E-state index is -0.481. The summed E-state index contributed by atoms with van der Waals surface area (Å²) in [6, 6.07) is 1.93. The van der Waals surface area contributed by atoms with Gasteiger partial charge in [0.15, 0.2) is 6.61 Å². The third-order valence-electron chi connectivity index (χ3n) is 3.13. The number of ether oxygens (including phenoxy) is 1. The summed E-state index contributed by atoms with van der Waals surface area (Å²) in [5.74, 6) is -0.607. The minimum Gasteiger partial charge on any atom is -0.451 e. The molecular formula is C13H18N2O3S. The third-order valence-corrected chi connectivity index (χ3v) is 4.18. The Morgan fingerprint density at radius 2 is 2.21 bits per heavy atom. The summed E-state index contributed by atoms with van der Waals surface area (Å²) >= 11 is 1.28. The lowest BCUT2D eigenvalue weighted by Gasteiger charge is -2.19. The first-order chi connectivity index (χ1) is 9.02. The van der Waals surface area contributed by atoms with Crippen LogP contribution in [0.3, 0.4) is 0 Å². The number of hydrogen-bond donors (Lipinski definition) is 1. The van der Waals surface area contributed by atoms with Gasteiger partial charge in [-0.2, -0.15) is 0 Å². The zero-order chi connectivity index (χ0) is 14.0. The van der Waals surface area contributed by atoms with E-state index in [1.165, 1.54) is 11.3 Å². The van der Waals surface area contributed by atoms with Crippen molar-refractivity contribution in [1.82, 2.24) is 4.90 Å². The van der Waals surface area contributed by atoms with Crippen LogP contribution in [0, 0.1) is 6.92 Å². The average Bonchev–Trinajstić information content (AvgIpc) is 3.14. The average molecular weight is 282 g/mol. The first-order valence-electron chi connectivity index (χ1n) is 6.35. The second-order valence-corrected chi connectivity index (χ2v) is 5.87. The van der Waals surface area contributed by atoms with Gasteiger partial charge in [0.2, 0.25) is 0 Å². The molecule has 19 heavy (non-hydrogen) atoms. The van der Waals surface area contributed by atoms with E-state index in [4.69, 9.17) is 10.5 Å². The summed E-state index contributed by atoms with van der Waals surface area (Å²) in [6.07, 6.45) is 2.10. The van der Waals surface area contributed by atoms with Crippen molar-refractivity contribution < 1.29 is 14.3 Å². The predicted molar refractivity (Wildman–Crippen MR) is 74.2 cm³/mol. The standard InChI is InChI=1S/C13H18N2O3S/c1-3-15(9-4-5-9)12(16)7-18-13(17)11-6-10(14)8(2)19-11/h6,9H,3-5,7,14H2,1-2H3. The maximum atomic E-state index is 11.9. The second kappa shape index (κ2) is 5.61. The van der Waals surface area contributed by atoms with E-state index in [1.807, 2.05) is 13.8 Å². The Morgan fingerprint density at radius 1 is 1.53 bits per heavy atom. The third kappa shape index (κ3) is 3.26. The minimum absolute atomic E-state index is 0.125. The van der Waals surface area contributed by atoms with Crippen molar-refractivity contribution >= 4 is 28.9 Å². The number of hydrogen-bond acceptors (Lipinski definition) is 5. The molecule has 6 heteroatoms. The highest BCUT2D eigenvalue weighted by molar-refractivity contribution is 7.14. The maximum Gasteiger partial charge on any atom is 0.348 e. The molecule has 104 valence electrons. The second-order valence-electron chi connectivity index (χ2n) is 4.61. The number of nitrogen functional groups attached to an aromatic ring is 1. The summed E-state index contributed by atoms with van der Waals surface area (Å²) in [5, 5.41) is 0. The van der Waals surface area contributed by atoms with E-state index in [0.717, 1.165) is 17.7 Å². The van der Waals surface area contributed by atoms with E-state index in [-0.39, 0.29) is 12.5 Å². The van der Waals surface area contributed by atoms with E-state index in [9.17, 15) is 9.59 Å².